The van der Waals surface area contributed by atoms with Gasteiger partial charge in [-0.2, -0.15) is 0 Å². The summed E-state index contributed by atoms with van der Waals surface area (Å²) in [6, 6.07) is 3.69. The topological polar surface area (TPSA) is 77.4 Å². The van der Waals surface area contributed by atoms with E-state index in [1.807, 2.05) is 24.5 Å². The molecule has 23 heavy (non-hydrogen) atoms. The van der Waals surface area contributed by atoms with Gasteiger partial charge in [0, 0.05) is 37.6 Å². The van der Waals surface area contributed by atoms with Crippen molar-refractivity contribution in [2.45, 2.75) is 19.1 Å². The van der Waals surface area contributed by atoms with Crippen molar-refractivity contribution >= 4 is 24.8 Å². The lowest BCUT2D eigenvalue weighted by Crippen LogP contribution is -2.42. The van der Waals surface area contributed by atoms with E-state index in [0.717, 1.165) is 38.2 Å². The third-order valence-electron chi connectivity index (χ3n) is 3.56. The predicted molar refractivity (Wildman–Crippen MR) is 92.9 cm³/mol. The van der Waals surface area contributed by atoms with Gasteiger partial charge in [-0.15, -0.1) is 24.8 Å². The van der Waals surface area contributed by atoms with E-state index < -0.39 is 0 Å². The molecule has 3 rings (SSSR count). The second-order valence-corrected chi connectivity index (χ2v) is 5.20. The lowest BCUT2D eigenvalue weighted by atomic mass is 10.2. The van der Waals surface area contributed by atoms with Crippen LogP contribution in [-0.4, -0.2) is 47.2 Å². The largest absolute Gasteiger partial charge is 0.461 e. The minimum absolute atomic E-state index is 0. The minimum atomic E-state index is 0. The highest BCUT2D eigenvalue weighted by Crippen LogP contribution is 2.16. The molecule has 1 atom stereocenters. The lowest BCUT2D eigenvalue weighted by Gasteiger charge is -2.32. The number of furan rings is 1. The van der Waals surface area contributed by atoms with Gasteiger partial charge in [0.15, 0.2) is 11.6 Å². The number of aromatic nitrogens is 2. The van der Waals surface area contributed by atoms with Gasteiger partial charge in [0.2, 0.25) is 0 Å². The molecule has 0 spiro atoms. The van der Waals surface area contributed by atoms with Gasteiger partial charge in [0.25, 0.3) is 0 Å². The van der Waals surface area contributed by atoms with Crippen molar-refractivity contribution in [2.75, 3.05) is 26.2 Å². The molecule has 0 saturated carbocycles. The van der Waals surface area contributed by atoms with E-state index in [0.29, 0.717) is 18.1 Å². The maximum atomic E-state index is 5.69. The Hall–Kier alpha value is -1.18. The smallest absolute Gasteiger partial charge is 0.195 e. The zero-order chi connectivity index (χ0) is 14.5. The van der Waals surface area contributed by atoms with Crippen molar-refractivity contribution in [1.29, 1.82) is 0 Å². The third-order valence-corrected chi connectivity index (χ3v) is 3.56. The van der Waals surface area contributed by atoms with Crippen LogP contribution in [0, 0.1) is 0 Å². The van der Waals surface area contributed by atoms with Crippen LogP contribution in [0.4, 0.5) is 0 Å². The molecule has 1 fully saturated rings. The third kappa shape index (κ3) is 5.44. The second-order valence-electron chi connectivity index (χ2n) is 5.20. The second kappa shape index (κ2) is 9.85. The Kier molecular flexibility index (Phi) is 8.51. The van der Waals surface area contributed by atoms with Gasteiger partial charge in [-0.1, -0.05) is 0 Å². The summed E-state index contributed by atoms with van der Waals surface area (Å²) in [6.07, 6.45) is 6.49. The average molecular weight is 361 g/mol. The standard InChI is InChI=1S/C15H20N4O2.2ClH/c16-4-3-13-11-19(5-7-20-13)10-12-8-17-15(18-9-12)14-2-1-6-21-14;;/h1-2,6,8-9,13H,3-5,7,10-11,16H2;2*1H. The van der Waals surface area contributed by atoms with Gasteiger partial charge >= 0.3 is 0 Å². The van der Waals surface area contributed by atoms with E-state index >= 15 is 0 Å². The molecule has 3 heterocycles. The van der Waals surface area contributed by atoms with Gasteiger partial charge in [0.05, 0.1) is 19.0 Å². The molecular weight excluding hydrogens is 339 g/mol. The van der Waals surface area contributed by atoms with Gasteiger partial charge in [0.1, 0.15) is 0 Å². The number of nitrogens with zero attached hydrogens (tertiary/aromatic N) is 3. The normalized spacial score (nSPS) is 18.0. The summed E-state index contributed by atoms with van der Waals surface area (Å²) in [7, 11) is 0. The highest BCUT2D eigenvalue weighted by Gasteiger charge is 2.20. The minimum Gasteiger partial charge on any atom is -0.461 e. The van der Waals surface area contributed by atoms with E-state index in [4.69, 9.17) is 14.9 Å². The average Bonchev–Trinajstić information content (AvgIpc) is 3.03. The Morgan fingerprint density at radius 3 is 2.70 bits per heavy atom. The molecule has 2 aromatic rings. The summed E-state index contributed by atoms with van der Waals surface area (Å²) >= 11 is 0. The fourth-order valence-corrected chi connectivity index (χ4v) is 2.51. The van der Waals surface area contributed by atoms with Crippen LogP contribution in [0.3, 0.4) is 0 Å². The van der Waals surface area contributed by atoms with E-state index in [1.165, 1.54) is 0 Å². The molecule has 0 aromatic carbocycles. The maximum absolute atomic E-state index is 5.69. The first kappa shape index (κ1) is 19.9. The quantitative estimate of drug-likeness (QED) is 0.879. The number of rotatable bonds is 5. The van der Waals surface area contributed by atoms with E-state index in [1.54, 1.807) is 6.26 Å². The van der Waals surface area contributed by atoms with Crippen LogP contribution in [0.25, 0.3) is 11.6 Å². The van der Waals surface area contributed by atoms with E-state index in [9.17, 15) is 0 Å². The summed E-state index contributed by atoms with van der Waals surface area (Å²) in [6.45, 7) is 4.11. The summed E-state index contributed by atoms with van der Waals surface area (Å²) < 4.78 is 11.0. The maximum Gasteiger partial charge on any atom is 0.195 e. The molecule has 0 amide bonds. The highest BCUT2D eigenvalue weighted by molar-refractivity contribution is 5.85. The first-order valence-electron chi connectivity index (χ1n) is 7.24. The number of nitrogens with two attached hydrogens (primary N) is 1. The Morgan fingerprint density at radius 2 is 2.04 bits per heavy atom. The Labute approximate surface area is 148 Å². The van der Waals surface area contributed by atoms with Gasteiger partial charge < -0.3 is 14.9 Å². The molecule has 6 nitrogen and oxygen atoms in total. The molecule has 0 bridgehead atoms. The first-order chi connectivity index (χ1) is 10.3. The van der Waals surface area contributed by atoms with Crippen molar-refractivity contribution in [3.8, 4) is 11.6 Å². The monoisotopic (exact) mass is 360 g/mol. The van der Waals surface area contributed by atoms with Crippen LogP contribution < -0.4 is 5.73 Å². The van der Waals surface area contributed by atoms with Crippen LogP contribution in [0.5, 0.6) is 0 Å². The molecule has 128 valence electrons. The van der Waals surface area contributed by atoms with Crippen molar-refractivity contribution in [3.05, 3.63) is 36.4 Å². The van der Waals surface area contributed by atoms with Gasteiger partial charge in [-0.25, -0.2) is 9.97 Å². The van der Waals surface area contributed by atoms with Gasteiger partial charge in [-0.05, 0) is 25.1 Å². The SMILES string of the molecule is Cl.Cl.NCCC1CN(Cc2cnc(-c3ccco3)nc2)CCO1. The molecule has 1 aliphatic heterocycles. The number of morpholine rings is 1. The molecule has 1 saturated heterocycles. The van der Waals surface area contributed by atoms with Crippen LogP contribution in [0.15, 0.2) is 35.2 Å². The molecule has 1 aliphatic rings. The zero-order valence-corrected chi connectivity index (χ0v) is 14.4. The van der Waals surface area contributed by atoms with Crippen molar-refractivity contribution in [1.82, 2.24) is 14.9 Å². The molecule has 8 heteroatoms. The first-order valence-corrected chi connectivity index (χ1v) is 7.24. The number of hydrogen-bond donors (Lipinski definition) is 1. The fourth-order valence-electron chi connectivity index (χ4n) is 2.51. The molecule has 0 aliphatic carbocycles. The summed E-state index contributed by atoms with van der Waals surface area (Å²) in [5, 5.41) is 0. The molecule has 1 unspecified atom stereocenters. The molecule has 2 aromatic heterocycles. The van der Waals surface area contributed by atoms with Crippen LogP contribution in [0.2, 0.25) is 0 Å². The van der Waals surface area contributed by atoms with Crippen LogP contribution in [-0.2, 0) is 11.3 Å². The summed E-state index contributed by atoms with van der Waals surface area (Å²) in [5.41, 5.74) is 6.69. The molecular formula is C15H22Cl2N4O2. The summed E-state index contributed by atoms with van der Waals surface area (Å²) in [5.74, 6) is 1.31. The number of hydrogen-bond acceptors (Lipinski definition) is 6. The van der Waals surface area contributed by atoms with Crippen LogP contribution >= 0.6 is 24.8 Å². The Morgan fingerprint density at radius 1 is 1.26 bits per heavy atom. The number of ether oxygens (including phenoxy) is 1. The summed E-state index contributed by atoms with van der Waals surface area (Å²) in [4.78, 5) is 11.1. The molecule has 2 N–H and O–H groups in total. The predicted octanol–water partition coefficient (Wildman–Crippen LogP) is 2.13. The lowest BCUT2D eigenvalue weighted by molar-refractivity contribution is -0.0335. The van der Waals surface area contributed by atoms with E-state index in [-0.39, 0.29) is 30.9 Å². The van der Waals surface area contributed by atoms with E-state index in [2.05, 4.69) is 14.9 Å². The van der Waals surface area contributed by atoms with Crippen LogP contribution in [0.1, 0.15) is 12.0 Å². The number of halogens is 2. The fraction of sp³-hybridized carbons (Fsp3) is 0.467. The molecule has 0 radical (unpaired) electrons. The Bertz CT molecular complexity index is 549. The zero-order valence-electron chi connectivity index (χ0n) is 12.8. The van der Waals surface area contributed by atoms with Crippen molar-refractivity contribution in [2.24, 2.45) is 5.73 Å². The Balaban J connectivity index is 0.00000132. The highest BCUT2D eigenvalue weighted by atomic mass is 35.5. The van der Waals surface area contributed by atoms with Crippen molar-refractivity contribution in [3.63, 3.8) is 0 Å². The van der Waals surface area contributed by atoms with Crippen molar-refractivity contribution < 1.29 is 9.15 Å². The van der Waals surface area contributed by atoms with Gasteiger partial charge in [-0.3, -0.25) is 4.90 Å².